The molecule has 1 aliphatic carbocycles. The Kier molecular flexibility index (Phi) is 3.04. The van der Waals surface area contributed by atoms with Crippen LogP contribution in [-0.2, 0) is 15.1 Å². The molecule has 0 aliphatic heterocycles. The van der Waals surface area contributed by atoms with Gasteiger partial charge in [-0.25, -0.2) is 4.79 Å². The third-order valence-electron chi connectivity index (χ3n) is 3.81. The van der Waals surface area contributed by atoms with E-state index in [0.717, 1.165) is 21.9 Å². The molecule has 2 aromatic rings. The van der Waals surface area contributed by atoms with Gasteiger partial charge in [-0.05, 0) is 49.2 Å². The molecule has 22 heavy (non-hydrogen) atoms. The molecule has 0 saturated carbocycles. The predicted molar refractivity (Wildman–Crippen MR) is 89.1 cm³/mol. The fourth-order valence-corrected chi connectivity index (χ4v) is 2.79. The van der Waals surface area contributed by atoms with E-state index in [0.29, 0.717) is 5.69 Å². The molecular weight excluding hydrogens is 276 g/mol. The Bertz CT molecular complexity index is 803. The molecule has 0 radical (unpaired) electrons. The summed E-state index contributed by atoms with van der Waals surface area (Å²) >= 11 is 0. The first-order valence-corrected chi connectivity index (χ1v) is 7.26. The maximum absolute atomic E-state index is 12.6. The maximum Gasteiger partial charge on any atom is 0.335 e. The number of ether oxygens (including phenoxy) is 1. The van der Waals surface area contributed by atoms with Gasteiger partial charge in [0, 0.05) is 11.3 Å². The zero-order valence-electron chi connectivity index (χ0n) is 13.0. The van der Waals surface area contributed by atoms with E-state index in [1.165, 1.54) is 0 Å². The van der Waals surface area contributed by atoms with E-state index in [9.17, 15) is 4.79 Å². The van der Waals surface area contributed by atoms with Crippen LogP contribution in [-0.4, -0.2) is 11.6 Å². The number of esters is 1. The van der Waals surface area contributed by atoms with Gasteiger partial charge in [-0.2, -0.15) is 0 Å². The lowest BCUT2D eigenvalue weighted by molar-refractivity contribution is -0.160. The minimum atomic E-state index is -1.30. The van der Waals surface area contributed by atoms with Crippen molar-refractivity contribution in [3.63, 3.8) is 0 Å². The van der Waals surface area contributed by atoms with E-state index in [4.69, 9.17) is 16.2 Å². The molecule has 114 valence electrons. The summed E-state index contributed by atoms with van der Waals surface area (Å²) in [7, 11) is 0. The molecule has 0 heterocycles. The number of carbonyl (C=O) groups excluding carboxylic acids is 1. The van der Waals surface area contributed by atoms with Gasteiger partial charge < -0.3 is 16.2 Å². The molecule has 4 heteroatoms. The van der Waals surface area contributed by atoms with Gasteiger partial charge in [-0.1, -0.05) is 30.3 Å². The summed E-state index contributed by atoms with van der Waals surface area (Å²) in [5, 5.41) is 1.92. The standard InChI is InChI=1S/C18H20N2O2/c1-17(2,3)22-16(21)18(20)10-9-12-14(19)8-7-11-5-4-6-13(18)15(11)12/h4-10H,19-20H2,1-3H3. The van der Waals surface area contributed by atoms with Crippen molar-refractivity contribution in [2.75, 3.05) is 5.73 Å². The Morgan fingerprint density at radius 2 is 1.91 bits per heavy atom. The summed E-state index contributed by atoms with van der Waals surface area (Å²) < 4.78 is 5.51. The van der Waals surface area contributed by atoms with E-state index in [2.05, 4.69) is 0 Å². The van der Waals surface area contributed by atoms with Crippen molar-refractivity contribution in [1.82, 2.24) is 0 Å². The van der Waals surface area contributed by atoms with E-state index in [1.807, 2.05) is 57.2 Å². The van der Waals surface area contributed by atoms with E-state index in [1.54, 1.807) is 6.08 Å². The van der Waals surface area contributed by atoms with Crippen LogP contribution in [0, 0.1) is 0 Å². The lowest BCUT2D eigenvalue weighted by Crippen LogP contribution is -2.47. The number of nitrogens with two attached hydrogens (primary N) is 2. The lowest BCUT2D eigenvalue weighted by Gasteiger charge is -2.32. The van der Waals surface area contributed by atoms with E-state index >= 15 is 0 Å². The molecule has 0 spiro atoms. The summed E-state index contributed by atoms with van der Waals surface area (Å²) in [5.41, 5.74) is 12.9. The molecule has 0 fully saturated rings. The zero-order chi connectivity index (χ0) is 16.1. The highest BCUT2D eigenvalue weighted by molar-refractivity contribution is 6.04. The van der Waals surface area contributed by atoms with Crippen molar-refractivity contribution in [2.45, 2.75) is 31.9 Å². The fourth-order valence-electron chi connectivity index (χ4n) is 2.79. The Morgan fingerprint density at radius 3 is 2.59 bits per heavy atom. The average molecular weight is 296 g/mol. The van der Waals surface area contributed by atoms with Crippen molar-refractivity contribution >= 4 is 28.5 Å². The van der Waals surface area contributed by atoms with Crippen molar-refractivity contribution in [3.05, 3.63) is 47.5 Å². The van der Waals surface area contributed by atoms with Crippen LogP contribution >= 0.6 is 0 Å². The number of hydrogen-bond donors (Lipinski definition) is 2. The van der Waals surface area contributed by atoms with Crippen LogP contribution in [0.25, 0.3) is 16.8 Å². The molecular formula is C18H20N2O2. The van der Waals surface area contributed by atoms with Gasteiger partial charge in [0.15, 0.2) is 5.54 Å². The van der Waals surface area contributed by atoms with Crippen LogP contribution in [0.4, 0.5) is 5.69 Å². The number of anilines is 1. The largest absolute Gasteiger partial charge is 0.458 e. The normalized spacial score (nSPS) is 20.2. The number of hydrogen-bond acceptors (Lipinski definition) is 4. The number of carbonyl (C=O) groups is 1. The Balaban J connectivity index is 2.22. The van der Waals surface area contributed by atoms with Gasteiger partial charge in [0.25, 0.3) is 0 Å². The molecule has 1 aliphatic rings. The molecule has 4 nitrogen and oxygen atoms in total. The van der Waals surface area contributed by atoms with Crippen LogP contribution < -0.4 is 11.5 Å². The van der Waals surface area contributed by atoms with Crippen LogP contribution in [0.2, 0.25) is 0 Å². The van der Waals surface area contributed by atoms with Gasteiger partial charge >= 0.3 is 5.97 Å². The number of benzene rings is 2. The molecule has 0 amide bonds. The second-order valence-corrected chi connectivity index (χ2v) is 6.68. The molecule has 4 N–H and O–H groups in total. The fraction of sp³-hybridized carbons (Fsp3) is 0.278. The van der Waals surface area contributed by atoms with Crippen molar-refractivity contribution in [3.8, 4) is 0 Å². The lowest BCUT2D eigenvalue weighted by atomic mass is 9.80. The SMILES string of the molecule is CC(C)(C)OC(=O)C1(N)C=Cc2c(N)ccc3cccc1c23. The van der Waals surface area contributed by atoms with Crippen LogP contribution in [0.1, 0.15) is 31.9 Å². The highest BCUT2D eigenvalue weighted by atomic mass is 16.6. The highest BCUT2D eigenvalue weighted by Gasteiger charge is 2.40. The van der Waals surface area contributed by atoms with Crippen LogP contribution in [0.15, 0.2) is 36.4 Å². The monoisotopic (exact) mass is 296 g/mol. The minimum Gasteiger partial charge on any atom is -0.458 e. The Hall–Kier alpha value is -2.33. The van der Waals surface area contributed by atoms with Gasteiger partial charge in [0.1, 0.15) is 5.60 Å². The second-order valence-electron chi connectivity index (χ2n) is 6.68. The Morgan fingerprint density at radius 1 is 1.18 bits per heavy atom. The number of nitrogen functional groups attached to an aromatic ring is 1. The van der Waals surface area contributed by atoms with Crippen LogP contribution in [0.3, 0.4) is 0 Å². The van der Waals surface area contributed by atoms with Crippen molar-refractivity contribution in [2.24, 2.45) is 5.73 Å². The third kappa shape index (κ3) is 2.16. The molecule has 0 bridgehead atoms. The van der Waals surface area contributed by atoms with Gasteiger partial charge in [0.05, 0.1) is 0 Å². The topological polar surface area (TPSA) is 78.3 Å². The molecule has 0 aromatic heterocycles. The van der Waals surface area contributed by atoms with Gasteiger partial charge in [-0.15, -0.1) is 0 Å². The maximum atomic E-state index is 12.6. The van der Waals surface area contributed by atoms with Crippen molar-refractivity contribution < 1.29 is 9.53 Å². The molecule has 1 atom stereocenters. The number of rotatable bonds is 1. The summed E-state index contributed by atoms with van der Waals surface area (Å²) in [4.78, 5) is 12.6. The molecule has 1 unspecified atom stereocenters. The van der Waals surface area contributed by atoms with Crippen molar-refractivity contribution in [1.29, 1.82) is 0 Å². The van der Waals surface area contributed by atoms with Crippen LogP contribution in [0.5, 0.6) is 0 Å². The third-order valence-corrected chi connectivity index (χ3v) is 3.81. The van der Waals surface area contributed by atoms with E-state index < -0.39 is 17.1 Å². The highest BCUT2D eigenvalue weighted by Crippen LogP contribution is 2.39. The first kappa shape index (κ1) is 14.6. The van der Waals surface area contributed by atoms with Gasteiger partial charge in [-0.3, -0.25) is 0 Å². The summed E-state index contributed by atoms with van der Waals surface area (Å²) in [6, 6.07) is 9.53. The summed E-state index contributed by atoms with van der Waals surface area (Å²) in [6.07, 6.45) is 3.49. The predicted octanol–water partition coefficient (Wildman–Crippen LogP) is 2.94. The molecule has 0 saturated heterocycles. The smallest absolute Gasteiger partial charge is 0.335 e. The second kappa shape index (κ2) is 4.58. The first-order chi connectivity index (χ1) is 10.2. The average Bonchev–Trinajstić information content (AvgIpc) is 2.43. The quantitative estimate of drug-likeness (QED) is 0.626. The molecule has 2 aromatic carbocycles. The van der Waals surface area contributed by atoms with Gasteiger partial charge in [0.2, 0.25) is 0 Å². The summed E-state index contributed by atoms with van der Waals surface area (Å²) in [6.45, 7) is 5.48. The Labute approximate surface area is 129 Å². The zero-order valence-corrected chi connectivity index (χ0v) is 13.0. The first-order valence-electron chi connectivity index (χ1n) is 7.26. The minimum absolute atomic E-state index is 0.461. The summed E-state index contributed by atoms with van der Waals surface area (Å²) in [5.74, 6) is -0.461. The van der Waals surface area contributed by atoms with E-state index in [-0.39, 0.29) is 0 Å². The molecule has 3 rings (SSSR count).